The average Bonchev–Trinajstić information content (AvgIpc) is 3.18. The van der Waals surface area contributed by atoms with Crippen LogP contribution in [0, 0.1) is 0 Å². The lowest BCUT2D eigenvalue weighted by atomic mass is 10.2. The summed E-state index contributed by atoms with van der Waals surface area (Å²) in [6, 6.07) is 12.7. The van der Waals surface area contributed by atoms with Crippen LogP contribution in [0.5, 0.6) is 11.5 Å². The van der Waals surface area contributed by atoms with Crippen molar-refractivity contribution in [2.24, 2.45) is 0 Å². The lowest BCUT2D eigenvalue weighted by Crippen LogP contribution is -2.10. The molecule has 128 valence electrons. The van der Waals surface area contributed by atoms with Crippen molar-refractivity contribution in [3.05, 3.63) is 58.9 Å². The van der Waals surface area contributed by atoms with Crippen LogP contribution in [0.15, 0.2) is 54.0 Å². The fourth-order valence-corrected chi connectivity index (χ4v) is 2.82. The summed E-state index contributed by atoms with van der Waals surface area (Å²) in [5, 5.41) is 7.86. The first-order valence-electron chi connectivity index (χ1n) is 7.49. The molecule has 0 aliphatic rings. The Morgan fingerprint density at radius 2 is 1.84 bits per heavy atom. The molecule has 25 heavy (non-hydrogen) atoms. The molecular weight excluding hydrogens is 338 g/mol. The SMILES string of the molecule is COc1ccc(Nc2ccc(NC(=O)c3cccs3)cn2)cc1OC. The van der Waals surface area contributed by atoms with Crippen LogP contribution in [0.4, 0.5) is 17.2 Å². The molecule has 7 heteroatoms. The van der Waals surface area contributed by atoms with Crippen molar-refractivity contribution in [1.29, 1.82) is 0 Å². The van der Waals surface area contributed by atoms with Gasteiger partial charge in [-0.2, -0.15) is 0 Å². The third-order valence-corrected chi connectivity index (χ3v) is 4.29. The Hall–Kier alpha value is -3.06. The lowest BCUT2D eigenvalue weighted by Gasteiger charge is -2.11. The first kappa shape index (κ1) is 16.8. The minimum absolute atomic E-state index is 0.141. The van der Waals surface area contributed by atoms with Gasteiger partial charge in [0.15, 0.2) is 11.5 Å². The van der Waals surface area contributed by atoms with E-state index in [2.05, 4.69) is 15.6 Å². The van der Waals surface area contributed by atoms with E-state index < -0.39 is 0 Å². The normalized spacial score (nSPS) is 10.2. The van der Waals surface area contributed by atoms with Gasteiger partial charge in [-0.15, -0.1) is 11.3 Å². The number of thiophene rings is 1. The van der Waals surface area contributed by atoms with E-state index in [0.717, 1.165) is 5.69 Å². The predicted octanol–water partition coefficient (Wildman–Crippen LogP) is 4.16. The molecule has 2 aromatic heterocycles. The van der Waals surface area contributed by atoms with Gasteiger partial charge in [0.25, 0.3) is 5.91 Å². The molecule has 2 N–H and O–H groups in total. The number of carbonyl (C=O) groups is 1. The average molecular weight is 355 g/mol. The number of carbonyl (C=O) groups excluding carboxylic acids is 1. The smallest absolute Gasteiger partial charge is 0.265 e. The standard InChI is InChI=1S/C18H17N3O3S/c1-23-14-7-5-12(10-15(14)24-2)20-17-8-6-13(11-19-17)21-18(22)16-4-3-9-25-16/h3-11H,1-2H3,(H,19,20)(H,21,22). The van der Waals surface area contributed by atoms with Crippen LogP contribution in [-0.2, 0) is 0 Å². The molecule has 0 spiro atoms. The Morgan fingerprint density at radius 1 is 1.04 bits per heavy atom. The van der Waals surface area contributed by atoms with E-state index in [0.29, 0.717) is 27.9 Å². The number of ether oxygens (including phenoxy) is 2. The van der Waals surface area contributed by atoms with Crippen LogP contribution >= 0.6 is 11.3 Å². The minimum Gasteiger partial charge on any atom is -0.493 e. The molecule has 3 rings (SSSR count). The number of anilines is 3. The number of amides is 1. The summed E-state index contributed by atoms with van der Waals surface area (Å²) in [5.41, 5.74) is 1.46. The molecule has 0 fully saturated rings. The molecule has 0 bridgehead atoms. The monoisotopic (exact) mass is 355 g/mol. The molecular formula is C18H17N3O3S. The van der Waals surface area contributed by atoms with Gasteiger partial charge in [0.1, 0.15) is 5.82 Å². The van der Waals surface area contributed by atoms with Crippen molar-refractivity contribution in [2.75, 3.05) is 24.9 Å². The van der Waals surface area contributed by atoms with Crippen molar-refractivity contribution in [3.63, 3.8) is 0 Å². The third kappa shape index (κ3) is 4.07. The van der Waals surface area contributed by atoms with E-state index in [1.165, 1.54) is 11.3 Å². The number of nitrogens with one attached hydrogen (secondary N) is 2. The number of hydrogen-bond acceptors (Lipinski definition) is 6. The summed E-state index contributed by atoms with van der Waals surface area (Å²) in [6.07, 6.45) is 1.61. The highest BCUT2D eigenvalue weighted by Crippen LogP contribution is 2.30. The molecule has 0 aliphatic carbocycles. The maximum absolute atomic E-state index is 12.0. The fourth-order valence-electron chi connectivity index (χ4n) is 2.20. The molecule has 6 nitrogen and oxygen atoms in total. The number of nitrogens with zero attached hydrogens (tertiary/aromatic N) is 1. The molecule has 0 unspecified atom stereocenters. The van der Waals surface area contributed by atoms with Crippen LogP contribution in [0.1, 0.15) is 9.67 Å². The van der Waals surface area contributed by atoms with Gasteiger partial charge in [0.05, 0.1) is 31.0 Å². The van der Waals surface area contributed by atoms with E-state index in [4.69, 9.17) is 9.47 Å². The number of methoxy groups -OCH3 is 2. The molecule has 0 saturated carbocycles. The Kier molecular flexibility index (Phi) is 5.15. The maximum Gasteiger partial charge on any atom is 0.265 e. The quantitative estimate of drug-likeness (QED) is 0.695. The van der Waals surface area contributed by atoms with Crippen molar-refractivity contribution < 1.29 is 14.3 Å². The van der Waals surface area contributed by atoms with Crippen LogP contribution in [-0.4, -0.2) is 25.1 Å². The molecule has 0 radical (unpaired) electrons. The first-order valence-corrected chi connectivity index (χ1v) is 8.37. The first-order chi connectivity index (χ1) is 12.2. The molecule has 3 aromatic rings. The van der Waals surface area contributed by atoms with E-state index >= 15 is 0 Å². The zero-order chi connectivity index (χ0) is 17.6. The molecule has 0 saturated heterocycles. The highest BCUT2D eigenvalue weighted by molar-refractivity contribution is 7.12. The molecule has 0 atom stereocenters. The number of rotatable bonds is 6. The second kappa shape index (κ2) is 7.67. The van der Waals surface area contributed by atoms with Gasteiger partial charge in [-0.3, -0.25) is 4.79 Å². The Bertz CT molecular complexity index is 849. The van der Waals surface area contributed by atoms with Gasteiger partial charge in [0.2, 0.25) is 0 Å². The summed E-state index contributed by atoms with van der Waals surface area (Å²) < 4.78 is 10.5. The third-order valence-electron chi connectivity index (χ3n) is 3.42. The Morgan fingerprint density at radius 3 is 2.48 bits per heavy atom. The zero-order valence-corrected chi connectivity index (χ0v) is 14.6. The highest BCUT2D eigenvalue weighted by Gasteiger charge is 2.08. The summed E-state index contributed by atoms with van der Waals surface area (Å²) in [4.78, 5) is 17.0. The van der Waals surface area contributed by atoms with Crippen molar-refractivity contribution in [2.45, 2.75) is 0 Å². The van der Waals surface area contributed by atoms with Gasteiger partial charge in [-0.1, -0.05) is 6.07 Å². The summed E-state index contributed by atoms with van der Waals surface area (Å²) in [5.74, 6) is 1.80. The highest BCUT2D eigenvalue weighted by atomic mass is 32.1. The van der Waals surface area contributed by atoms with Crippen LogP contribution in [0.25, 0.3) is 0 Å². The van der Waals surface area contributed by atoms with E-state index in [9.17, 15) is 4.79 Å². The lowest BCUT2D eigenvalue weighted by molar-refractivity contribution is 0.103. The number of pyridine rings is 1. The second-order valence-electron chi connectivity index (χ2n) is 5.06. The number of aromatic nitrogens is 1. The fraction of sp³-hybridized carbons (Fsp3) is 0.111. The van der Waals surface area contributed by atoms with Gasteiger partial charge < -0.3 is 20.1 Å². The number of hydrogen-bond donors (Lipinski definition) is 2. The molecule has 1 aromatic carbocycles. The van der Waals surface area contributed by atoms with E-state index in [1.54, 1.807) is 38.6 Å². The van der Waals surface area contributed by atoms with Crippen LogP contribution in [0.3, 0.4) is 0 Å². The summed E-state index contributed by atoms with van der Waals surface area (Å²) in [7, 11) is 3.18. The van der Waals surface area contributed by atoms with Gasteiger partial charge >= 0.3 is 0 Å². The van der Waals surface area contributed by atoms with Crippen molar-refractivity contribution in [3.8, 4) is 11.5 Å². The molecule has 2 heterocycles. The largest absolute Gasteiger partial charge is 0.493 e. The maximum atomic E-state index is 12.0. The Labute approximate surface area is 149 Å². The van der Waals surface area contributed by atoms with Crippen molar-refractivity contribution >= 4 is 34.4 Å². The summed E-state index contributed by atoms with van der Waals surface area (Å²) >= 11 is 1.39. The second-order valence-corrected chi connectivity index (χ2v) is 6.01. The Balaban J connectivity index is 1.67. The van der Waals surface area contributed by atoms with Crippen molar-refractivity contribution in [1.82, 2.24) is 4.98 Å². The zero-order valence-electron chi connectivity index (χ0n) is 13.8. The van der Waals surface area contributed by atoms with Gasteiger partial charge in [0, 0.05) is 11.8 Å². The minimum atomic E-state index is -0.141. The predicted molar refractivity (Wildman–Crippen MR) is 99.3 cm³/mol. The van der Waals surface area contributed by atoms with Crippen LogP contribution < -0.4 is 20.1 Å². The van der Waals surface area contributed by atoms with Gasteiger partial charge in [-0.25, -0.2) is 4.98 Å². The topological polar surface area (TPSA) is 72.5 Å². The number of benzene rings is 1. The van der Waals surface area contributed by atoms with Gasteiger partial charge in [-0.05, 0) is 35.7 Å². The summed E-state index contributed by atoms with van der Waals surface area (Å²) in [6.45, 7) is 0. The molecule has 1 amide bonds. The van der Waals surface area contributed by atoms with E-state index in [-0.39, 0.29) is 5.91 Å². The van der Waals surface area contributed by atoms with E-state index in [1.807, 2.05) is 29.6 Å². The molecule has 0 aliphatic heterocycles. The van der Waals surface area contributed by atoms with Crippen LogP contribution in [0.2, 0.25) is 0 Å².